The predicted octanol–water partition coefficient (Wildman–Crippen LogP) is 0.457. The lowest BCUT2D eigenvalue weighted by molar-refractivity contribution is -0.152. The zero-order valence-corrected chi connectivity index (χ0v) is 14.0. The fourth-order valence-corrected chi connectivity index (χ4v) is 3.40. The lowest BCUT2D eigenvalue weighted by Crippen LogP contribution is -2.51. The molecule has 0 fully saturated rings. The molecular weight excluding hydrogens is 322 g/mol. The van der Waals surface area contributed by atoms with Gasteiger partial charge in [0.05, 0.1) is 16.9 Å². The summed E-state index contributed by atoms with van der Waals surface area (Å²) in [6.07, 6.45) is 0. The number of H-pyrrole nitrogens is 1. The third-order valence-electron chi connectivity index (χ3n) is 3.55. The zero-order valence-electron chi connectivity index (χ0n) is 13.2. The topological polar surface area (TPSA) is 124 Å². The van der Waals surface area contributed by atoms with Gasteiger partial charge in [-0.2, -0.15) is 0 Å². The van der Waals surface area contributed by atoms with Crippen LogP contribution in [0.5, 0.6) is 0 Å². The second kappa shape index (κ2) is 5.65. The monoisotopic (exact) mass is 339 g/mol. The highest BCUT2D eigenvalue weighted by Crippen LogP contribution is 2.26. The number of hydrogen-bond acceptors (Lipinski definition) is 6. The van der Waals surface area contributed by atoms with Crippen molar-refractivity contribution in [2.75, 3.05) is 6.61 Å². The van der Waals surface area contributed by atoms with Crippen LogP contribution in [0.25, 0.3) is 10.2 Å². The number of nitrogens with one attached hydrogen (secondary N) is 1. The van der Waals surface area contributed by atoms with E-state index in [1.54, 1.807) is 13.8 Å². The van der Waals surface area contributed by atoms with Gasteiger partial charge in [-0.15, -0.1) is 11.3 Å². The van der Waals surface area contributed by atoms with Crippen LogP contribution in [0.4, 0.5) is 0 Å². The number of ether oxygens (including phenoxy) is 1. The average Bonchev–Trinajstić information content (AvgIpc) is 2.75. The third kappa shape index (κ3) is 2.56. The van der Waals surface area contributed by atoms with E-state index < -0.39 is 28.7 Å². The molecule has 0 aromatic carbocycles. The average molecular weight is 339 g/mol. The van der Waals surface area contributed by atoms with Crippen molar-refractivity contribution in [3.05, 3.63) is 31.3 Å². The number of primary amides is 1. The Hall–Kier alpha value is -2.42. The Labute approximate surface area is 134 Å². The van der Waals surface area contributed by atoms with Gasteiger partial charge in [0.2, 0.25) is 0 Å². The van der Waals surface area contributed by atoms with E-state index in [0.717, 1.165) is 15.9 Å². The number of amides is 1. The standard InChI is InChI=1S/C14H17N3O5S/c1-5-22-12(20)14(3,4)17-11(19)7-6(2)8(9(15)18)23-10(7)16-13(17)21/h5H2,1-4H3,(H2,15,18)(H,16,21). The molecule has 0 atom stereocenters. The highest BCUT2D eigenvalue weighted by Gasteiger charge is 2.35. The van der Waals surface area contributed by atoms with E-state index in [0.29, 0.717) is 5.56 Å². The van der Waals surface area contributed by atoms with Gasteiger partial charge in [-0.25, -0.2) is 14.2 Å². The maximum Gasteiger partial charge on any atom is 0.332 e. The summed E-state index contributed by atoms with van der Waals surface area (Å²) in [4.78, 5) is 51.5. The minimum absolute atomic E-state index is 0.125. The van der Waals surface area contributed by atoms with Crippen molar-refractivity contribution >= 4 is 33.4 Å². The number of aromatic amines is 1. The first-order valence-corrected chi connectivity index (χ1v) is 7.70. The molecule has 1 amide bonds. The van der Waals surface area contributed by atoms with Crippen LogP contribution in [-0.2, 0) is 15.1 Å². The van der Waals surface area contributed by atoms with Gasteiger partial charge < -0.3 is 10.5 Å². The Morgan fingerprint density at radius 2 is 1.96 bits per heavy atom. The summed E-state index contributed by atoms with van der Waals surface area (Å²) < 4.78 is 5.74. The molecule has 0 unspecified atom stereocenters. The lowest BCUT2D eigenvalue weighted by Gasteiger charge is -2.23. The van der Waals surface area contributed by atoms with E-state index in [4.69, 9.17) is 10.5 Å². The Morgan fingerprint density at radius 1 is 1.35 bits per heavy atom. The Balaban J connectivity index is 2.84. The molecule has 124 valence electrons. The highest BCUT2D eigenvalue weighted by molar-refractivity contribution is 7.20. The largest absolute Gasteiger partial charge is 0.464 e. The van der Waals surface area contributed by atoms with Gasteiger partial charge in [0, 0.05) is 0 Å². The SMILES string of the molecule is CCOC(=O)C(C)(C)n1c(=O)[nH]c2sc(C(N)=O)c(C)c2c1=O. The van der Waals surface area contributed by atoms with Crippen LogP contribution in [0.2, 0.25) is 0 Å². The summed E-state index contributed by atoms with van der Waals surface area (Å²) in [5.74, 6) is -1.38. The van der Waals surface area contributed by atoms with E-state index in [2.05, 4.69) is 4.98 Å². The number of carbonyl (C=O) groups is 2. The Morgan fingerprint density at radius 3 is 2.48 bits per heavy atom. The molecule has 0 saturated carbocycles. The fourth-order valence-electron chi connectivity index (χ4n) is 2.36. The van der Waals surface area contributed by atoms with Crippen molar-refractivity contribution in [1.82, 2.24) is 9.55 Å². The first kappa shape index (κ1) is 16.9. The lowest BCUT2D eigenvalue weighted by atomic mass is 10.1. The Bertz CT molecular complexity index is 919. The molecular formula is C14H17N3O5S. The number of nitrogens with two attached hydrogens (primary N) is 1. The van der Waals surface area contributed by atoms with E-state index in [1.807, 2.05) is 0 Å². The summed E-state index contributed by atoms with van der Waals surface area (Å²) >= 11 is 0.939. The van der Waals surface area contributed by atoms with Gasteiger partial charge >= 0.3 is 11.7 Å². The first-order chi connectivity index (χ1) is 10.6. The number of carbonyl (C=O) groups excluding carboxylic acids is 2. The zero-order chi connectivity index (χ0) is 17.5. The third-order valence-corrected chi connectivity index (χ3v) is 4.77. The summed E-state index contributed by atoms with van der Waals surface area (Å²) in [6.45, 7) is 6.17. The minimum atomic E-state index is -1.49. The fraction of sp³-hybridized carbons (Fsp3) is 0.429. The van der Waals surface area contributed by atoms with E-state index in [9.17, 15) is 19.2 Å². The Kier molecular flexibility index (Phi) is 4.16. The van der Waals surface area contributed by atoms with E-state index >= 15 is 0 Å². The van der Waals surface area contributed by atoms with Crippen molar-refractivity contribution < 1.29 is 14.3 Å². The molecule has 8 nitrogen and oxygen atoms in total. The van der Waals surface area contributed by atoms with Crippen LogP contribution in [0, 0.1) is 6.92 Å². The van der Waals surface area contributed by atoms with Gasteiger partial charge in [-0.3, -0.25) is 14.6 Å². The van der Waals surface area contributed by atoms with Crippen LogP contribution in [0.15, 0.2) is 9.59 Å². The van der Waals surface area contributed by atoms with E-state index in [-0.39, 0.29) is 21.7 Å². The number of hydrogen-bond donors (Lipinski definition) is 2. The quantitative estimate of drug-likeness (QED) is 0.783. The van der Waals surface area contributed by atoms with Crippen LogP contribution in [0.3, 0.4) is 0 Å². The number of fused-ring (bicyclic) bond motifs is 1. The molecule has 0 aliphatic rings. The summed E-state index contributed by atoms with van der Waals surface area (Å²) in [5, 5.41) is 0.167. The van der Waals surface area contributed by atoms with Gasteiger partial charge in [-0.05, 0) is 33.3 Å². The van der Waals surface area contributed by atoms with Crippen molar-refractivity contribution in [2.45, 2.75) is 33.2 Å². The molecule has 0 saturated heterocycles. The normalized spacial score (nSPS) is 11.7. The van der Waals surface area contributed by atoms with Gasteiger partial charge in [0.15, 0.2) is 0 Å². The predicted molar refractivity (Wildman–Crippen MR) is 85.9 cm³/mol. The molecule has 0 aliphatic heterocycles. The van der Waals surface area contributed by atoms with Gasteiger partial charge in [-0.1, -0.05) is 0 Å². The van der Waals surface area contributed by atoms with Crippen LogP contribution >= 0.6 is 11.3 Å². The smallest absolute Gasteiger partial charge is 0.332 e. The molecule has 2 aromatic rings. The minimum Gasteiger partial charge on any atom is -0.464 e. The molecule has 0 spiro atoms. The first-order valence-electron chi connectivity index (χ1n) is 6.88. The second-order valence-electron chi connectivity index (χ2n) is 5.47. The summed E-state index contributed by atoms with van der Waals surface area (Å²) in [5.41, 5.74) is 2.75. The van der Waals surface area contributed by atoms with Crippen molar-refractivity contribution in [1.29, 1.82) is 0 Å². The maximum absolute atomic E-state index is 12.8. The second-order valence-corrected chi connectivity index (χ2v) is 6.50. The molecule has 2 rings (SSSR count). The van der Waals surface area contributed by atoms with Crippen LogP contribution in [-0.4, -0.2) is 28.0 Å². The number of esters is 1. The van der Waals surface area contributed by atoms with Crippen LogP contribution in [0.1, 0.15) is 36.0 Å². The van der Waals surface area contributed by atoms with Crippen molar-refractivity contribution in [2.24, 2.45) is 5.73 Å². The molecule has 0 bridgehead atoms. The molecule has 2 aromatic heterocycles. The number of rotatable bonds is 4. The molecule has 23 heavy (non-hydrogen) atoms. The molecule has 9 heteroatoms. The number of thiophene rings is 1. The van der Waals surface area contributed by atoms with Gasteiger partial charge in [0.1, 0.15) is 10.4 Å². The number of aryl methyl sites for hydroxylation is 1. The summed E-state index contributed by atoms with van der Waals surface area (Å²) in [7, 11) is 0. The molecule has 0 aliphatic carbocycles. The van der Waals surface area contributed by atoms with E-state index in [1.165, 1.54) is 13.8 Å². The van der Waals surface area contributed by atoms with Gasteiger partial charge in [0.25, 0.3) is 11.5 Å². The van der Waals surface area contributed by atoms with Crippen molar-refractivity contribution in [3.8, 4) is 0 Å². The highest BCUT2D eigenvalue weighted by atomic mass is 32.1. The number of aromatic nitrogens is 2. The molecule has 0 radical (unpaired) electrons. The number of nitrogens with zero attached hydrogens (tertiary/aromatic N) is 1. The summed E-state index contributed by atoms with van der Waals surface area (Å²) in [6, 6.07) is 0. The van der Waals surface area contributed by atoms with Crippen LogP contribution < -0.4 is 17.0 Å². The maximum atomic E-state index is 12.8. The molecule has 2 heterocycles. The van der Waals surface area contributed by atoms with Crippen molar-refractivity contribution in [3.63, 3.8) is 0 Å². The molecule has 3 N–H and O–H groups in total.